The number of aryl methyl sites for hydroxylation is 1. The zero-order valence-corrected chi connectivity index (χ0v) is 10.0. The maximum atomic E-state index is 5.66. The average molecular weight is 227 g/mol. The van der Waals surface area contributed by atoms with Gasteiger partial charge in [-0.15, -0.1) is 0 Å². The molecular formula is C15H17NO. The topological polar surface area (TPSA) is 35.2 Å². The first kappa shape index (κ1) is 11.7. The van der Waals surface area contributed by atoms with Crippen LogP contribution in [-0.4, -0.2) is 0 Å². The van der Waals surface area contributed by atoms with E-state index < -0.39 is 0 Å². The standard InChI is InChI=1S/C15H17NO/c1-12-3-2-4-14(9-12)11-17-10-13-5-7-15(16)8-6-13/h2-9H,10-11,16H2,1H3. The summed E-state index contributed by atoms with van der Waals surface area (Å²) in [5.74, 6) is 0. The van der Waals surface area contributed by atoms with Gasteiger partial charge in [0.2, 0.25) is 0 Å². The van der Waals surface area contributed by atoms with Crippen LogP contribution in [0.1, 0.15) is 16.7 Å². The van der Waals surface area contributed by atoms with E-state index in [9.17, 15) is 0 Å². The van der Waals surface area contributed by atoms with Gasteiger partial charge in [0, 0.05) is 5.69 Å². The van der Waals surface area contributed by atoms with Crippen LogP contribution in [0.25, 0.3) is 0 Å². The summed E-state index contributed by atoms with van der Waals surface area (Å²) in [4.78, 5) is 0. The maximum absolute atomic E-state index is 5.66. The van der Waals surface area contributed by atoms with Gasteiger partial charge in [-0.3, -0.25) is 0 Å². The highest BCUT2D eigenvalue weighted by atomic mass is 16.5. The Morgan fingerprint density at radius 2 is 1.65 bits per heavy atom. The first-order valence-electron chi connectivity index (χ1n) is 5.72. The van der Waals surface area contributed by atoms with Gasteiger partial charge in [-0.05, 0) is 30.2 Å². The van der Waals surface area contributed by atoms with Crippen molar-refractivity contribution in [3.63, 3.8) is 0 Å². The summed E-state index contributed by atoms with van der Waals surface area (Å²) in [6.45, 7) is 3.35. The van der Waals surface area contributed by atoms with Crippen molar-refractivity contribution in [2.24, 2.45) is 0 Å². The quantitative estimate of drug-likeness (QED) is 0.813. The van der Waals surface area contributed by atoms with Crippen LogP contribution in [0.15, 0.2) is 48.5 Å². The Kier molecular flexibility index (Phi) is 3.78. The van der Waals surface area contributed by atoms with Crippen molar-refractivity contribution >= 4 is 5.69 Å². The molecule has 0 aliphatic heterocycles. The Bertz CT molecular complexity index is 477. The number of hydrogen-bond donors (Lipinski definition) is 1. The Labute approximate surface area is 102 Å². The number of ether oxygens (including phenoxy) is 1. The lowest BCUT2D eigenvalue weighted by Crippen LogP contribution is -1.95. The van der Waals surface area contributed by atoms with E-state index in [0.29, 0.717) is 13.2 Å². The predicted octanol–water partition coefficient (Wildman–Crippen LogP) is 3.29. The van der Waals surface area contributed by atoms with Crippen molar-refractivity contribution in [2.45, 2.75) is 20.1 Å². The molecule has 2 heteroatoms. The number of benzene rings is 2. The Morgan fingerprint density at radius 1 is 0.941 bits per heavy atom. The second kappa shape index (κ2) is 5.51. The average Bonchev–Trinajstić information content (AvgIpc) is 2.32. The first-order chi connectivity index (χ1) is 8.24. The molecule has 88 valence electrons. The fourth-order valence-corrected chi connectivity index (χ4v) is 1.70. The van der Waals surface area contributed by atoms with Gasteiger partial charge in [-0.1, -0.05) is 42.0 Å². The molecule has 2 nitrogen and oxygen atoms in total. The highest BCUT2D eigenvalue weighted by molar-refractivity contribution is 5.39. The van der Waals surface area contributed by atoms with E-state index in [1.165, 1.54) is 11.1 Å². The summed E-state index contributed by atoms with van der Waals surface area (Å²) in [5, 5.41) is 0. The summed E-state index contributed by atoms with van der Waals surface area (Å²) >= 11 is 0. The van der Waals surface area contributed by atoms with Gasteiger partial charge >= 0.3 is 0 Å². The number of nitrogens with two attached hydrogens (primary N) is 1. The van der Waals surface area contributed by atoms with E-state index in [0.717, 1.165) is 11.3 Å². The molecule has 0 aromatic heterocycles. The van der Waals surface area contributed by atoms with E-state index in [1.807, 2.05) is 24.3 Å². The van der Waals surface area contributed by atoms with Crippen molar-refractivity contribution in [2.75, 3.05) is 5.73 Å². The number of rotatable bonds is 4. The van der Waals surface area contributed by atoms with Crippen molar-refractivity contribution in [3.8, 4) is 0 Å². The lowest BCUT2D eigenvalue weighted by atomic mass is 10.1. The second-order valence-corrected chi connectivity index (χ2v) is 4.22. The van der Waals surface area contributed by atoms with Gasteiger partial charge in [0.15, 0.2) is 0 Å². The lowest BCUT2D eigenvalue weighted by molar-refractivity contribution is 0.107. The number of hydrogen-bond acceptors (Lipinski definition) is 2. The molecule has 0 saturated carbocycles. The maximum Gasteiger partial charge on any atom is 0.0721 e. The van der Waals surface area contributed by atoms with Gasteiger partial charge in [-0.25, -0.2) is 0 Å². The molecule has 2 rings (SSSR count). The molecule has 0 unspecified atom stereocenters. The van der Waals surface area contributed by atoms with Gasteiger partial charge in [0.05, 0.1) is 13.2 Å². The lowest BCUT2D eigenvalue weighted by Gasteiger charge is -2.05. The number of anilines is 1. The molecule has 2 aromatic carbocycles. The fourth-order valence-electron chi connectivity index (χ4n) is 1.70. The number of nitrogen functional groups attached to an aromatic ring is 1. The molecule has 2 aromatic rings. The molecule has 17 heavy (non-hydrogen) atoms. The summed E-state index contributed by atoms with van der Waals surface area (Å²) < 4.78 is 5.66. The molecule has 0 aliphatic carbocycles. The Hall–Kier alpha value is -1.80. The molecule has 0 fully saturated rings. The second-order valence-electron chi connectivity index (χ2n) is 4.22. The largest absolute Gasteiger partial charge is 0.399 e. The van der Waals surface area contributed by atoms with E-state index in [1.54, 1.807) is 0 Å². The molecule has 0 bridgehead atoms. The molecule has 0 aliphatic rings. The SMILES string of the molecule is Cc1cccc(COCc2ccc(N)cc2)c1. The van der Waals surface area contributed by atoms with Gasteiger partial charge in [0.1, 0.15) is 0 Å². The zero-order valence-electron chi connectivity index (χ0n) is 10.0. The fraction of sp³-hybridized carbons (Fsp3) is 0.200. The van der Waals surface area contributed by atoms with Crippen molar-refractivity contribution in [1.29, 1.82) is 0 Å². The zero-order chi connectivity index (χ0) is 12.1. The van der Waals surface area contributed by atoms with E-state index >= 15 is 0 Å². The van der Waals surface area contributed by atoms with Crippen LogP contribution < -0.4 is 5.73 Å². The summed E-state index contributed by atoms with van der Waals surface area (Å²) in [7, 11) is 0. The minimum absolute atomic E-state index is 0.619. The molecule has 0 amide bonds. The smallest absolute Gasteiger partial charge is 0.0721 e. The van der Waals surface area contributed by atoms with Gasteiger partial charge < -0.3 is 10.5 Å². The molecular weight excluding hydrogens is 210 g/mol. The van der Waals surface area contributed by atoms with Gasteiger partial charge in [0.25, 0.3) is 0 Å². The van der Waals surface area contributed by atoms with E-state index in [-0.39, 0.29) is 0 Å². The third-order valence-corrected chi connectivity index (χ3v) is 2.60. The van der Waals surface area contributed by atoms with Crippen LogP contribution in [0.5, 0.6) is 0 Å². The third kappa shape index (κ3) is 3.61. The minimum Gasteiger partial charge on any atom is -0.399 e. The summed E-state index contributed by atoms with van der Waals surface area (Å²) in [5.41, 5.74) is 10.0. The van der Waals surface area contributed by atoms with Crippen molar-refractivity contribution in [3.05, 3.63) is 65.2 Å². The molecule has 2 N–H and O–H groups in total. The van der Waals surface area contributed by atoms with E-state index in [2.05, 4.69) is 31.2 Å². The monoisotopic (exact) mass is 227 g/mol. The van der Waals surface area contributed by atoms with E-state index in [4.69, 9.17) is 10.5 Å². The third-order valence-electron chi connectivity index (χ3n) is 2.60. The van der Waals surface area contributed by atoms with Gasteiger partial charge in [-0.2, -0.15) is 0 Å². The minimum atomic E-state index is 0.619. The molecule has 0 atom stereocenters. The highest BCUT2D eigenvalue weighted by Gasteiger charge is 1.96. The van der Waals surface area contributed by atoms with Crippen molar-refractivity contribution in [1.82, 2.24) is 0 Å². The predicted molar refractivity (Wildman–Crippen MR) is 70.5 cm³/mol. The normalized spacial score (nSPS) is 10.4. The molecule has 0 spiro atoms. The van der Waals surface area contributed by atoms with Crippen LogP contribution in [0.3, 0.4) is 0 Å². The molecule has 0 heterocycles. The Balaban J connectivity index is 1.85. The van der Waals surface area contributed by atoms with Crippen LogP contribution >= 0.6 is 0 Å². The van der Waals surface area contributed by atoms with Crippen LogP contribution in [0, 0.1) is 6.92 Å². The van der Waals surface area contributed by atoms with Crippen molar-refractivity contribution < 1.29 is 4.74 Å². The van der Waals surface area contributed by atoms with Crippen LogP contribution in [0.4, 0.5) is 5.69 Å². The first-order valence-corrected chi connectivity index (χ1v) is 5.72. The molecule has 0 radical (unpaired) electrons. The molecule has 0 saturated heterocycles. The summed E-state index contributed by atoms with van der Waals surface area (Å²) in [6.07, 6.45) is 0. The highest BCUT2D eigenvalue weighted by Crippen LogP contribution is 2.09. The summed E-state index contributed by atoms with van der Waals surface area (Å²) in [6, 6.07) is 16.1. The van der Waals surface area contributed by atoms with Crippen LogP contribution in [-0.2, 0) is 18.0 Å². The Morgan fingerprint density at radius 3 is 2.35 bits per heavy atom. The van der Waals surface area contributed by atoms with Crippen LogP contribution in [0.2, 0.25) is 0 Å².